The number of anilines is 1. The zero-order chi connectivity index (χ0) is 15.0. The number of oxime groups is 1. The van der Waals surface area contributed by atoms with Crippen LogP contribution in [0, 0.1) is 13.8 Å². The molecule has 2 saturated heterocycles. The number of nitrogens with two attached hydrogens (primary N) is 1. The molecule has 6 heteroatoms. The standard InChI is InChI=1S/C15H23N5O/c1-10-8-11(2)17-15(13(10)14(16)18-21)20-7-6-19-5-3-4-12(19)9-20/h8,12,21H,3-7,9H2,1-2H3,(H2,16,18). The Balaban J connectivity index is 1.97. The number of piperazine rings is 1. The average molecular weight is 289 g/mol. The molecule has 0 bridgehead atoms. The predicted octanol–water partition coefficient (Wildman–Crippen LogP) is 1.08. The van der Waals surface area contributed by atoms with E-state index < -0.39 is 0 Å². The number of rotatable bonds is 2. The predicted molar refractivity (Wildman–Crippen MR) is 83.0 cm³/mol. The number of hydrogen-bond donors (Lipinski definition) is 2. The highest BCUT2D eigenvalue weighted by molar-refractivity contribution is 6.02. The number of fused-ring (bicyclic) bond motifs is 1. The van der Waals surface area contributed by atoms with Crippen molar-refractivity contribution in [2.75, 3.05) is 31.1 Å². The number of pyridine rings is 1. The van der Waals surface area contributed by atoms with Gasteiger partial charge in [-0.25, -0.2) is 4.98 Å². The maximum Gasteiger partial charge on any atom is 0.174 e. The number of hydrogen-bond acceptors (Lipinski definition) is 5. The van der Waals surface area contributed by atoms with Crippen LogP contribution in [-0.2, 0) is 0 Å². The van der Waals surface area contributed by atoms with Gasteiger partial charge in [-0.05, 0) is 44.9 Å². The second-order valence-electron chi connectivity index (χ2n) is 6.04. The molecular weight excluding hydrogens is 266 g/mol. The van der Waals surface area contributed by atoms with Crippen molar-refractivity contribution in [3.8, 4) is 0 Å². The van der Waals surface area contributed by atoms with Gasteiger partial charge in [0.1, 0.15) is 5.82 Å². The van der Waals surface area contributed by atoms with Gasteiger partial charge in [0.15, 0.2) is 5.84 Å². The molecule has 0 aliphatic carbocycles. The first kappa shape index (κ1) is 14.1. The van der Waals surface area contributed by atoms with Crippen LogP contribution < -0.4 is 10.6 Å². The summed E-state index contributed by atoms with van der Waals surface area (Å²) in [5, 5.41) is 12.3. The fourth-order valence-electron chi connectivity index (χ4n) is 3.60. The van der Waals surface area contributed by atoms with E-state index in [2.05, 4.69) is 19.9 Å². The molecular formula is C15H23N5O. The minimum Gasteiger partial charge on any atom is -0.409 e. The second kappa shape index (κ2) is 5.52. The van der Waals surface area contributed by atoms with Gasteiger partial charge in [0.2, 0.25) is 0 Å². The summed E-state index contributed by atoms with van der Waals surface area (Å²) in [7, 11) is 0. The molecule has 6 nitrogen and oxygen atoms in total. The summed E-state index contributed by atoms with van der Waals surface area (Å²) < 4.78 is 0. The van der Waals surface area contributed by atoms with Crippen molar-refractivity contribution in [2.45, 2.75) is 32.7 Å². The summed E-state index contributed by atoms with van der Waals surface area (Å²) in [4.78, 5) is 9.53. The Morgan fingerprint density at radius 1 is 1.38 bits per heavy atom. The third kappa shape index (κ3) is 2.55. The van der Waals surface area contributed by atoms with Crippen LogP contribution in [0.25, 0.3) is 0 Å². The zero-order valence-corrected chi connectivity index (χ0v) is 12.7. The van der Waals surface area contributed by atoms with E-state index >= 15 is 0 Å². The molecule has 3 rings (SSSR count). The van der Waals surface area contributed by atoms with Crippen molar-refractivity contribution in [3.63, 3.8) is 0 Å². The number of aromatic nitrogens is 1. The van der Waals surface area contributed by atoms with Crippen molar-refractivity contribution in [2.24, 2.45) is 10.9 Å². The van der Waals surface area contributed by atoms with Crippen molar-refractivity contribution < 1.29 is 5.21 Å². The van der Waals surface area contributed by atoms with Crippen LogP contribution in [0.15, 0.2) is 11.2 Å². The van der Waals surface area contributed by atoms with Gasteiger partial charge < -0.3 is 15.8 Å². The minimum absolute atomic E-state index is 0.142. The van der Waals surface area contributed by atoms with E-state index in [0.717, 1.165) is 42.3 Å². The van der Waals surface area contributed by atoms with E-state index in [1.54, 1.807) is 0 Å². The van der Waals surface area contributed by atoms with Crippen LogP contribution in [-0.4, -0.2) is 53.1 Å². The Hall–Kier alpha value is -1.82. The highest BCUT2D eigenvalue weighted by Crippen LogP contribution is 2.28. The molecule has 2 aliphatic heterocycles. The average Bonchev–Trinajstić information content (AvgIpc) is 2.93. The Labute approximate surface area is 125 Å². The second-order valence-corrected chi connectivity index (χ2v) is 6.04. The summed E-state index contributed by atoms with van der Waals surface area (Å²) in [5.74, 6) is 0.998. The molecule has 0 spiro atoms. The molecule has 3 heterocycles. The third-order valence-corrected chi connectivity index (χ3v) is 4.58. The lowest BCUT2D eigenvalue weighted by Gasteiger charge is -2.39. The Bertz CT molecular complexity index is 571. The topological polar surface area (TPSA) is 78.0 Å². The van der Waals surface area contributed by atoms with Gasteiger partial charge in [-0.2, -0.15) is 0 Å². The minimum atomic E-state index is 0.142. The van der Waals surface area contributed by atoms with Crippen molar-refractivity contribution in [1.29, 1.82) is 0 Å². The fraction of sp³-hybridized carbons (Fsp3) is 0.600. The lowest BCUT2D eigenvalue weighted by Crippen LogP contribution is -2.51. The van der Waals surface area contributed by atoms with E-state index in [9.17, 15) is 0 Å². The summed E-state index contributed by atoms with van der Waals surface area (Å²) in [6.07, 6.45) is 2.53. The van der Waals surface area contributed by atoms with Crippen LogP contribution in [0.3, 0.4) is 0 Å². The highest BCUT2D eigenvalue weighted by atomic mass is 16.4. The molecule has 3 N–H and O–H groups in total. The third-order valence-electron chi connectivity index (χ3n) is 4.58. The molecule has 0 radical (unpaired) electrons. The van der Waals surface area contributed by atoms with Crippen LogP contribution in [0.5, 0.6) is 0 Å². The molecule has 1 unspecified atom stereocenters. The summed E-state index contributed by atoms with van der Waals surface area (Å²) in [5.41, 5.74) is 8.61. The summed E-state index contributed by atoms with van der Waals surface area (Å²) >= 11 is 0. The van der Waals surface area contributed by atoms with Crippen molar-refractivity contribution >= 4 is 11.7 Å². The molecule has 0 aromatic carbocycles. The quantitative estimate of drug-likeness (QED) is 0.369. The Kier molecular flexibility index (Phi) is 3.71. The molecule has 2 fully saturated rings. The Morgan fingerprint density at radius 2 is 2.19 bits per heavy atom. The summed E-state index contributed by atoms with van der Waals surface area (Å²) in [6.45, 7) is 8.16. The first-order valence-corrected chi connectivity index (χ1v) is 7.55. The number of nitrogens with zero attached hydrogens (tertiary/aromatic N) is 4. The Morgan fingerprint density at radius 3 is 2.95 bits per heavy atom. The molecule has 1 aromatic heterocycles. The molecule has 114 valence electrons. The molecule has 2 aliphatic rings. The van der Waals surface area contributed by atoms with Crippen LogP contribution in [0.2, 0.25) is 0 Å². The van der Waals surface area contributed by atoms with Crippen LogP contribution >= 0.6 is 0 Å². The van der Waals surface area contributed by atoms with Gasteiger partial charge in [-0.15, -0.1) is 0 Å². The fourth-order valence-corrected chi connectivity index (χ4v) is 3.60. The van der Waals surface area contributed by atoms with Crippen molar-refractivity contribution in [1.82, 2.24) is 9.88 Å². The highest BCUT2D eigenvalue weighted by Gasteiger charge is 2.32. The lowest BCUT2D eigenvalue weighted by molar-refractivity contribution is 0.230. The van der Waals surface area contributed by atoms with Crippen LogP contribution in [0.1, 0.15) is 29.7 Å². The molecule has 0 amide bonds. The molecule has 1 aromatic rings. The maximum atomic E-state index is 9.06. The first-order chi connectivity index (χ1) is 10.1. The molecule has 1 atom stereocenters. The van der Waals surface area contributed by atoms with Crippen LogP contribution in [0.4, 0.5) is 5.82 Å². The SMILES string of the molecule is Cc1cc(C)c(/C(N)=N/O)c(N2CCN3CCCC3C2)n1. The van der Waals surface area contributed by atoms with E-state index in [0.29, 0.717) is 6.04 Å². The normalized spacial score (nSPS) is 23.4. The van der Waals surface area contributed by atoms with Gasteiger partial charge >= 0.3 is 0 Å². The van der Waals surface area contributed by atoms with Gasteiger partial charge in [-0.1, -0.05) is 5.16 Å². The maximum absolute atomic E-state index is 9.06. The lowest BCUT2D eigenvalue weighted by atomic mass is 10.1. The van der Waals surface area contributed by atoms with Gasteiger partial charge in [0.05, 0.1) is 5.56 Å². The molecule has 0 saturated carbocycles. The van der Waals surface area contributed by atoms with E-state index in [-0.39, 0.29) is 5.84 Å². The molecule has 21 heavy (non-hydrogen) atoms. The van der Waals surface area contributed by atoms with Gasteiger partial charge in [-0.3, -0.25) is 4.90 Å². The zero-order valence-electron chi connectivity index (χ0n) is 12.7. The number of aryl methyl sites for hydroxylation is 2. The number of amidine groups is 1. The van der Waals surface area contributed by atoms with E-state index in [4.69, 9.17) is 10.9 Å². The van der Waals surface area contributed by atoms with E-state index in [1.807, 2.05) is 19.9 Å². The van der Waals surface area contributed by atoms with Gasteiger partial charge in [0.25, 0.3) is 0 Å². The largest absolute Gasteiger partial charge is 0.409 e. The summed E-state index contributed by atoms with van der Waals surface area (Å²) in [6, 6.07) is 2.59. The van der Waals surface area contributed by atoms with Crippen molar-refractivity contribution in [3.05, 3.63) is 22.9 Å². The first-order valence-electron chi connectivity index (χ1n) is 7.55. The van der Waals surface area contributed by atoms with Gasteiger partial charge in [0, 0.05) is 31.4 Å². The monoisotopic (exact) mass is 289 g/mol. The van der Waals surface area contributed by atoms with E-state index in [1.165, 1.54) is 19.4 Å². The smallest absolute Gasteiger partial charge is 0.174 e.